The molecule has 2 aromatic rings. The molecule has 2 N–H and O–H groups in total. The fourth-order valence-electron chi connectivity index (χ4n) is 2.20. The third-order valence-corrected chi connectivity index (χ3v) is 3.08. The number of anilines is 2. The first-order valence-corrected chi connectivity index (χ1v) is 6.68. The van der Waals surface area contributed by atoms with Crippen molar-refractivity contribution in [1.29, 1.82) is 0 Å². The maximum Gasteiger partial charge on any atom is 0.326 e. The van der Waals surface area contributed by atoms with Crippen LogP contribution in [0.2, 0.25) is 0 Å². The highest BCUT2D eigenvalue weighted by Crippen LogP contribution is 2.32. The summed E-state index contributed by atoms with van der Waals surface area (Å²) >= 11 is 0. The highest BCUT2D eigenvalue weighted by molar-refractivity contribution is 5.98. The molecule has 0 bridgehead atoms. The van der Waals surface area contributed by atoms with Crippen LogP contribution in [0.25, 0.3) is 0 Å². The molecule has 0 saturated heterocycles. The maximum atomic E-state index is 11.9. The van der Waals surface area contributed by atoms with E-state index >= 15 is 0 Å². The first kappa shape index (κ1) is 15.6. The van der Waals surface area contributed by atoms with E-state index in [2.05, 4.69) is 4.98 Å². The number of ketones is 1. The predicted molar refractivity (Wildman–Crippen MR) is 82.3 cm³/mol. The number of Topliss-reactive ketones (excluding diaryl/α,β-unsaturated/α-hetero) is 1. The Bertz CT molecular complexity index is 709. The van der Waals surface area contributed by atoms with E-state index in [1.165, 1.54) is 18.9 Å². The van der Waals surface area contributed by atoms with E-state index in [1.54, 1.807) is 42.1 Å². The van der Waals surface area contributed by atoms with Crippen LogP contribution in [0, 0.1) is 0 Å². The molecule has 116 valence electrons. The van der Waals surface area contributed by atoms with Gasteiger partial charge >= 0.3 is 6.03 Å². The summed E-state index contributed by atoms with van der Waals surface area (Å²) in [5.74, 6) is 0.818. The van der Waals surface area contributed by atoms with Crippen LogP contribution in [-0.4, -0.2) is 28.5 Å². The number of rotatable bonds is 5. The van der Waals surface area contributed by atoms with E-state index in [0.29, 0.717) is 23.1 Å². The van der Waals surface area contributed by atoms with Crippen molar-refractivity contribution in [3.8, 4) is 5.75 Å². The molecule has 1 heterocycles. The van der Waals surface area contributed by atoms with Crippen molar-refractivity contribution in [1.82, 2.24) is 9.55 Å². The Balaban J connectivity index is 2.51. The van der Waals surface area contributed by atoms with Gasteiger partial charge in [-0.1, -0.05) is 12.1 Å². The average molecular weight is 302 g/mol. The summed E-state index contributed by atoms with van der Waals surface area (Å²) in [6.07, 6.45) is 1.90. The molecule has 0 fully saturated rings. The van der Waals surface area contributed by atoms with Gasteiger partial charge in [-0.05, 0) is 19.1 Å². The molecule has 7 nitrogen and oxygen atoms in total. The van der Waals surface area contributed by atoms with E-state index in [-0.39, 0.29) is 12.2 Å². The van der Waals surface area contributed by atoms with Crippen LogP contribution < -0.4 is 15.4 Å². The summed E-state index contributed by atoms with van der Waals surface area (Å²) in [6.45, 7) is 1.49. The zero-order valence-electron chi connectivity index (χ0n) is 12.7. The number of benzene rings is 1. The monoisotopic (exact) mass is 302 g/mol. The Kier molecular flexibility index (Phi) is 4.45. The molecule has 2 amide bonds. The quantitative estimate of drug-likeness (QED) is 0.911. The van der Waals surface area contributed by atoms with E-state index < -0.39 is 6.03 Å². The number of primary amides is 1. The first-order chi connectivity index (χ1) is 10.4. The minimum absolute atomic E-state index is 0.00688. The van der Waals surface area contributed by atoms with Gasteiger partial charge in [0.2, 0.25) is 5.95 Å². The van der Waals surface area contributed by atoms with Crippen LogP contribution in [-0.2, 0) is 18.3 Å². The second-order valence-corrected chi connectivity index (χ2v) is 4.87. The number of carbonyl (C=O) groups excluding carboxylic acids is 2. The summed E-state index contributed by atoms with van der Waals surface area (Å²) in [4.78, 5) is 28.7. The van der Waals surface area contributed by atoms with Crippen molar-refractivity contribution in [2.24, 2.45) is 12.8 Å². The third-order valence-electron chi connectivity index (χ3n) is 3.08. The molecule has 0 aliphatic carbocycles. The molecular weight excluding hydrogens is 284 g/mol. The number of carbonyl (C=O) groups is 2. The number of imidazole rings is 1. The second kappa shape index (κ2) is 6.30. The number of urea groups is 1. The van der Waals surface area contributed by atoms with Gasteiger partial charge in [-0.3, -0.25) is 4.79 Å². The number of ether oxygens (including phenoxy) is 1. The van der Waals surface area contributed by atoms with Crippen molar-refractivity contribution in [2.45, 2.75) is 13.3 Å². The molecule has 0 aliphatic rings. The van der Waals surface area contributed by atoms with Gasteiger partial charge in [-0.15, -0.1) is 0 Å². The van der Waals surface area contributed by atoms with E-state index in [4.69, 9.17) is 10.5 Å². The first-order valence-electron chi connectivity index (χ1n) is 6.68. The number of hydrogen-bond acceptors (Lipinski definition) is 4. The van der Waals surface area contributed by atoms with Gasteiger partial charge in [-0.25, -0.2) is 14.7 Å². The number of nitrogens with two attached hydrogens (primary N) is 1. The molecule has 0 radical (unpaired) electrons. The summed E-state index contributed by atoms with van der Waals surface area (Å²) in [5.41, 5.74) is 6.58. The predicted octanol–water partition coefficient (Wildman–Crippen LogP) is 1.78. The second-order valence-electron chi connectivity index (χ2n) is 4.87. The summed E-state index contributed by atoms with van der Waals surface area (Å²) in [5, 5.41) is 0. The van der Waals surface area contributed by atoms with E-state index in [1.807, 2.05) is 0 Å². The van der Waals surface area contributed by atoms with Gasteiger partial charge in [0.1, 0.15) is 11.5 Å². The lowest BCUT2D eigenvalue weighted by Gasteiger charge is -2.21. The number of para-hydroxylation sites is 2. The lowest BCUT2D eigenvalue weighted by molar-refractivity contribution is -0.116. The van der Waals surface area contributed by atoms with Gasteiger partial charge in [0.15, 0.2) is 0 Å². The zero-order valence-corrected chi connectivity index (χ0v) is 12.7. The zero-order chi connectivity index (χ0) is 16.3. The fraction of sp³-hybridized carbons (Fsp3) is 0.267. The number of amides is 2. The van der Waals surface area contributed by atoms with Gasteiger partial charge < -0.3 is 15.0 Å². The molecular formula is C15H18N4O3. The van der Waals surface area contributed by atoms with Crippen LogP contribution >= 0.6 is 0 Å². The van der Waals surface area contributed by atoms with Crippen molar-refractivity contribution < 1.29 is 14.3 Å². The van der Waals surface area contributed by atoms with Gasteiger partial charge in [0, 0.05) is 19.7 Å². The number of aryl methyl sites for hydroxylation is 1. The molecule has 0 saturated carbocycles. The molecule has 22 heavy (non-hydrogen) atoms. The third kappa shape index (κ3) is 3.08. The fourth-order valence-corrected chi connectivity index (χ4v) is 2.20. The Labute approximate surface area is 128 Å². The molecule has 0 unspecified atom stereocenters. The SMILES string of the molecule is COc1ccccc1N(C(N)=O)c1nc(CC(C)=O)cn1C. The van der Waals surface area contributed by atoms with Crippen LogP contribution in [0.3, 0.4) is 0 Å². The molecule has 1 aromatic carbocycles. The van der Waals surface area contributed by atoms with Gasteiger partial charge in [0.25, 0.3) is 0 Å². The Morgan fingerprint density at radius 3 is 2.64 bits per heavy atom. The van der Waals surface area contributed by atoms with Crippen molar-refractivity contribution >= 4 is 23.5 Å². The summed E-state index contributed by atoms with van der Waals surface area (Å²) < 4.78 is 6.92. The summed E-state index contributed by atoms with van der Waals surface area (Å²) in [7, 11) is 3.24. The van der Waals surface area contributed by atoms with Crippen LogP contribution in [0.1, 0.15) is 12.6 Å². The standard InChI is InChI=1S/C15H18N4O3/c1-10(20)8-11-9-18(2)15(17-11)19(14(16)21)12-6-4-5-7-13(12)22-3/h4-7,9H,8H2,1-3H3,(H2,16,21). The van der Waals surface area contributed by atoms with Crippen LogP contribution in [0.15, 0.2) is 30.5 Å². The Morgan fingerprint density at radius 2 is 2.05 bits per heavy atom. The summed E-state index contributed by atoms with van der Waals surface area (Å²) in [6, 6.07) is 6.31. The normalized spacial score (nSPS) is 10.3. The number of aromatic nitrogens is 2. The Hall–Kier alpha value is -2.83. The largest absolute Gasteiger partial charge is 0.495 e. The number of nitrogens with zero attached hydrogens (tertiary/aromatic N) is 3. The molecule has 1 aromatic heterocycles. The topological polar surface area (TPSA) is 90.5 Å². The van der Waals surface area contributed by atoms with Crippen molar-refractivity contribution in [2.75, 3.05) is 12.0 Å². The van der Waals surface area contributed by atoms with Crippen molar-refractivity contribution in [3.63, 3.8) is 0 Å². The lowest BCUT2D eigenvalue weighted by Crippen LogP contribution is -2.33. The Morgan fingerprint density at radius 1 is 1.36 bits per heavy atom. The number of methoxy groups -OCH3 is 1. The minimum Gasteiger partial charge on any atom is -0.495 e. The van der Waals surface area contributed by atoms with Crippen LogP contribution in [0.4, 0.5) is 16.4 Å². The molecule has 0 spiro atoms. The van der Waals surface area contributed by atoms with Crippen molar-refractivity contribution in [3.05, 3.63) is 36.2 Å². The van der Waals surface area contributed by atoms with E-state index in [0.717, 1.165) is 0 Å². The molecule has 2 rings (SSSR count). The van der Waals surface area contributed by atoms with Gasteiger partial charge in [0.05, 0.1) is 18.5 Å². The van der Waals surface area contributed by atoms with Crippen LogP contribution in [0.5, 0.6) is 5.75 Å². The highest BCUT2D eigenvalue weighted by Gasteiger charge is 2.23. The molecule has 0 atom stereocenters. The number of hydrogen-bond donors (Lipinski definition) is 1. The van der Waals surface area contributed by atoms with E-state index in [9.17, 15) is 9.59 Å². The average Bonchev–Trinajstić information content (AvgIpc) is 2.79. The lowest BCUT2D eigenvalue weighted by atomic mass is 10.2. The minimum atomic E-state index is -0.687. The molecule has 0 aliphatic heterocycles. The van der Waals surface area contributed by atoms with Gasteiger partial charge in [-0.2, -0.15) is 0 Å². The maximum absolute atomic E-state index is 11.9. The smallest absolute Gasteiger partial charge is 0.326 e. The molecule has 7 heteroatoms. The highest BCUT2D eigenvalue weighted by atomic mass is 16.5.